The second kappa shape index (κ2) is 6.62. The number of nitrogens with one attached hydrogen (secondary N) is 2. The van der Waals surface area contributed by atoms with Crippen LogP contribution in [-0.4, -0.2) is 33.2 Å². The maximum absolute atomic E-state index is 13.7. The molecule has 1 unspecified atom stereocenters. The average Bonchev–Trinajstić information content (AvgIpc) is 3.07. The average molecular weight is 355 g/mol. The fourth-order valence-electron chi connectivity index (χ4n) is 2.86. The summed E-state index contributed by atoms with van der Waals surface area (Å²) in [6.07, 6.45) is 3.92. The van der Waals surface area contributed by atoms with Crippen molar-refractivity contribution < 1.29 is 13.9 Å². The molecule has 26 heavy (non-hydrogen) atoms. The lowest BCUT2D eigenvalue weighted by molar-refractivity contribution is 0.0921. The van der Waals surface area contributed by atoms with E-state index in [9.17, 15) is 9.18 Å². The van der Waals surface area contributed by atoms with Crippen molar-refractivity contribution in [3.63, 3.8) is 0 Å². The number of hydrogen-bond acceptors (Lipinski definition) is 5. The van der Waals surface area contributed by atoms with Crippen molar-refractivity contribution in [2.45, 2.75) is 25.9 Å². The van der Waals surface area contributed by atoms with Gasteiger partial charge in [0.05, 0.1) is 12.2 Å². The summed E-state index contributed by atoms with van der Waals surface area (Å²) in [6, 6.07) is 5.96. The zero-order chi connectivity index (χ0) is 18.1. The molecule has 4 rings (SSSR count). The highest BCUT2D eigenvalue weighted by Gasteiger charge is 2.19. The van der Waals surface area contributed by atoms with Gasteiger partial charge in [-0.25, -0.2) is 13.9 Å². The molecule has 1 aliphatic rings. The molecule has 3 heterocycles. The van der Waals surface area contributed by atoms with E-state index in [1.165, 1.54) is 18.3 Å². The Kier molecular flexibility index (Phi) is 4.16. The molecule has 0 saturated heterocycles. The molecular weight excluding hydrogens is 337 g/mol. The third kappa shape index (κ3) is 3.05. The minimum atomic E-state index is -0.333. The van der Waals surface area contributed by atoms with Gasteiger partial charge in [-0.15, -0.1) is 0 Å². The Bertz CT molecular complexity index is 971. The second-order valence-corrected chi connectivity index (χ2v) is 6.13. The molecule has 0 saturated carbocycles. The molecule has 2 aromatic heterocycles. The fraction of sp³-hybridized carbons (Fsp3) is 0.278. The summed E-state index contributed by atoms with van der Waals surface area (Å²) >= 11 is 0. The first-order valence-electron chi connectivity index (χ1n) is 8.44. The summed E-state index contributed by atoms with van der Waals surface area (Å²) in [6.45, 7) is 2.60. The summed E-state index contributed by atoms with van der Waals surface area (Å²) in [5, 5.41) is 10.3. The molecule has 0 spiro atoms. The number of amides is 1. The zero-order valence-corrected chi connectivity index (χ0v) is 14.2. The number of nitrogens with zero attached hydrogens (tertiary/aromatic N) is 3. The number of halogens is 1. The molecule has 1 aliphatic heterocycles. The lowest BCUT2D eigenvalue weighted by atomic mass is 10.2. The van der Waals surface area contributed by atoms with Crippen molar-refractivity contribution in [1.29, 1.82) is 0 Å². The molecule has 134 valence electrons. The minimum absolute atomic E-state index is 0.188. The number of hydrogen-bond donors (Lipinski definition) is 2. The Balaban J connectivity index is 1.77. The van der Waals surface area contributed by atoms with Gasteiger partial charge in [-0.05, 0) is 30.7 Å². The summed E-state index contributed by atoms with van der Waals surface area (Å²) in [5.74, 6) is 0.558. The smallest absolute Gasteiger partial charge is 0.257 e. The highest BCUT2D eigenvalue weighted by molar-refractivity contribution is 5.99. The van der Waals surface area contributed by atoms with Crippen molar-refractivity contribution in [3.05, 3.63) is 53.6 Å². The molecule has 0 aliphatic carbocycles. The number of anilines is 1. The number of fused-ring (bicyclic) bond motifs is 2. The van der Waals surface area contributed by atoms with Crippen molar-refractivity contribution in [2.75, 3.05) is 11.9 Å². The Hall–Kier alpha value is -3.16. The first-order chi connectivity index (χ1) is 12.6. The number of rotatable bonds is 1. The standard InChI is InChI=1S/C18H18FN5O2/c1-2-13-10-26-15-4-3-12(19)7-11(15)8-20-16-5-6-24-17(23-16)14(9-21-24)18(25)22-13/h3-7,9,13H,2,8,10H2,1H3,(H,20,23)(H,22,25). The molecule has 3 aromatic rings. The molecule has 1 amide bonds. The zero-order valence-electron chi connectivity index (χ0n) is 14.2. The highest BCUT2D eigenvalue weighted by Crippen LogP contribution is 2.22. The van der Waals surface area contributed by atoms with E-state index in [2.05, 4.69) is 20.7 Å². The van der Waals surface area contributed by atoms with E-state index in [1.807, 2.05) is 6.92 Å². The largest absolute Gasteiger partial charge is 0.491 e. The van der Waals surface area contributed by atoms with Crippen LogP contribution in [0.25, 0.3) is 5.65 Å². The molecule has 1 atom stereocenters. The van der Waals surface area contributed by atoms with E-state index in [-0.39, 0.29) is 24.4 Å². The van der Waals surface area contributed by atoms with Gasteiger partial charge in [0.1, 0.15) is 29.6 Å². The van der Waals surface area contributed by atoms with Crippen LogP contribution in [0.1, 0.15) is 29.3 Å². The van der Waals surface area contributed by atoms with Crippen LogP contribution in [0, 0.1) is 5.82 Å². The SMILES string of the molecule is CCC1COc2ccc(F)cc2CNc2ccn3ncc(c3n2)C(=O)N1. The van der Waals surface area contributed by atoms with Crippen molar-refractivity contribution in [3.8, 4) is 5.75 Å². The van der Waals surface area contributed by atoms with Crippen molar-refractivity contribution >= 4 is 17.4 Å². The third-order valence-electron chi connectivity index (χ3n) is 4.36. The molecule has 8 heteroatoms. The number of carbonyl (C=O) groups excluding carboxylic acids is 1. The topological polar surface area (TPSA) is 80.6 Å². The van der Waals surface area contributed by atoms with E-state index in [0.717, 1.165) is 0 Å². The molecule has 2 N–H and O–H groups in total. The summed E-state index contributed by atoms with van der Waals surface area (Å²) in [4.78, 5) is 17.1. The Morgan fingerprint density at radius 3 is 3.12 bits per heavy atom. The molecule has 0 fully saturated rings. The lowest BCUT2D eigenvalue weighted by Crippen LogP contribution is -2.38. The Morgan fingerprint density at radius 1 is 1.38 bits per heavy atom. The van der Waals surface area contributed by atoms with Gasteiger partial charge in [-0.1, -0.05) is 6.92 Å². The number of carbonyl (C=O) groups is 1. The predicted molar refractivity (Wildman–Crippen MR) is 93.8 cm³/mol. The van der Waals surface area contributed by atoms with E-state index in [4.69, 9.17) is 4.74 Å². The predicted octanol–water partition coefficient (Wildman–Crippen LogP) is 2.38. The summed E-state index contributed by atoms with van der Waals surface area (Å²) < 4.78 is 21.1. The lowest BCUT2D eigenvalue weighted by Gasteiger charge is -2.19. The van der Waals surface area contributed by atoms with Gasteiger partial charge in [0.15, 0.2) is 5.65 Å². The third-order valence-corrected chi connectivity index (χ3v) is 4.36. The molecule has 7 nitrogen and oxygen atoms in total. The van der Waals surface area contributed by atoms with Crippen molar-refractivity contribution in [2.24, 2.45) is 0 Å². The van der Waals surface area contributed by atoms with E-state index in [0.29, 0.717) is 41.3 Å². The van der Waals surface area contributed by atoms with E-state index < -0.39 is 0 Å². The first kappa shape index (κ1) is 16.3. The molecule has 2 bridgehead atoms. The first-order valence-corrected chi connectivity index (χ1v) is 8.44. The van der Waals surface area contributed by atoms with Crippen molar-refractivity contribution in [1.82, 2.24) is 19.9 Å². The molecule has 1 aromatic carbocycles. The van der Waals surface area contributed by atoms with Crippen LogP contribution >= 0.6 is 0 Å². The van der Waals surface area contributed by atoms with Crippen LogP contribution in [0.3, 0.4) is 0 Å². The Morgan fingerprint density at radius 2 is 2.27 bits per heavy atom. The highest BCUT2D eigenvalue weighted by atomic mass is 19.1. The maximum Gasteiger partial charge on any atom is 0.257 e. The van der Waals surface area contributed by atoms with Crippen LogP contribution in [0.5, 0.6) is 5.75 Å². The van der Waals surface area contributed by atoms with Gasteiger partial charge in [-0.2, -0.15) is 5.10 Å². The van der Waals surface area contributed by atoms with Crippen LogP contribution in [0.4, 0.5) is 10.2 Å². The fourth-order valence-corrected chi connectivity index (χ4v) is 2.86. The number of ether oxygens (including phenoxy) is 1. The van der Waals surface area contributed by atoms with Gasteiger partial charge in [0, 0.05) is 18.3 Å². The van der Waals surface area contributed by atoms with Crippen LogP contribution in [0.15, 0.2) is 36.7 Å². The summed E-state index contributed by atoms with van der Waals surface area (Å²) in [5.41, 5.74) is 1.54. The number of aromatic nitrogens is 3. The maximum atomic E-state index is 13.7. The quantitative estimate of drug-likeness (QED) is 0.701. The van der Waals surface area contributed by atoms with E-state index >= 15 is 0 Å². The van der Waals surface area contributed by atoms with Crippen LogP contribution < -0.4 is 15.4 Å². The monoisotopic (exact) mass is 355 g/mol. The Labute approximate surface area is 149 Å². The summed E-state index contributed by atoms with van der Waals surface area (Å²) in [7, 11) is 0. The minimum Gasteiger partial charge on any atom is -0.491 e. The number of benzene rings is 1. The van der Waals surface area contributed by atoms with Crippen LogP contribution in [0.2, 0.25) is 0 Å². The van der Waals surface area contributed by atoms with Gasteiger partial charge in [-0.3, -0.25) is 4.79 Å². The van der Waals surface area contributed by atoms with E-state index in [1.54, 1.807) is 22.8 Å². The van der Waals surface area contributed by atoms with Crippen LogP contribution in [-0.2, 0) is 6.54 Å². The molecular formula is C18H18FN5O2. The second-order valence-electron chi connectivity index (χ2n) is 6.13. The normalized spacial score (nSPS) is 17.3. The molecule has 0 radical (unpaired) electrons. The van der Waals surface area contributed by atoms with Gasteiger partial charge in [0.25, 0.3) is 5.91 Å². The van der Waals surface area contributed by atoms with Gasteiger partial charge >= 0.3 is 0 Å². The van der Waals surface area contributed by atoms with Gasteiger partial charge < -0.3 is 15.4 Å². The van der Waals surface area contributed by atoms with Gasteiger partial charge in [0.2, 0.25) is 0 Å².